The summed E-state index contributed by atoms with van der Waals surface area (Å²) >= 11 is 0. The number of carbonyl (C=O) groups is 1. The van der Waals surface area contributed by atoms with Crippen molar-refractivity contribution in [2.75, 3.05) is 0 Å². The largest absolute Gasteiger partial charge is 0.405 e. The first kappa shape index (κ1) is 15.5. The molecule has 5 N–H and O–H groups in total. The van der Waals surface area contributed by atoms with Crippen molar-refractivity contribution in [3.63, 3.8) is 0 Å². The van der Waals surface area contributed by atoms with Crippen LogP contribution in [0.5, 0.6) is 0 Å². The van der Waals surface area contributed by atoms with Crippen LogP contribution in [-0.4, -0.2) is 6.03 Å². The fourth-order valence-electron chi connectivity index (χ4n) is 1.73. The smallest absolute Gasteiger partial charge is 0.316 e. The minimum absolute atomic E-state index is 0.262. The number of nitrogens with one attached hydrogen (secondary N) is 1. The molecule has 0 saturated heterocycles. The average Bonchev–Trinajstić information content (AvgIpc) is 2.35. The maximum absolute atomic E-state index is 13.1. The Labute approximate surface area is 117 Å². The van der Waals surface area contributed by atoms with Gasteiger partial charge in [-0.3, -0.25) is 0 Å². The topological polar surface area (TPSA) is 81.1 Å². The van der Waals surface area contributed by atoms with Gasteiger partial charge in [0.1, 0.15) is 5.82 Å². The van der Waals surface area contributed by atoms with Crippen molar-refractivity contribution in [2.45, 2.75) is 12.8 Å². The molecule has 4 nitrogen and oxygen atoms in total. The molecule has 0 radical (unpaired) electrons. The zero-order chi connectivity index (χ0) is 15.0. The van der Waals surface area contributed by atoms with Crippen molar-refractivity contribution in [1.29, 1.82) is 0 Å². The first-order valence-electron chi connectivity index (χ1n) is 6.10. The predicted molar refractivity (Wildman–Crippen MR) is 78.0 cm³/mol. The van der Waals surface area contributed by atoms with Gasteiger partial charge < -0.3 is 16.8 Å². The van der Waals surface area contributed by atoms with E-state index in [1.54, 1.807) is 18.2 Å². The van der Waals surface area contributed by atoms with E-state index in [1.165, 1.54) is 18.3 Å². The molecule has 0 unspecified atom stereocenters. The number of primary amides is 1. The quantitative estimate of drug-likeness (QED) is 0.696. The summed E-state index contributed by atoms with van der Waals surface area (Å²) in [7, 11) is 0. The van der Waals surface area contributed by atoms with E-state index >= 15 is 0 Å². The van der Waals surface area contributed by atoms with Crippen LogP contribution in [-0.2, 0) is 6.42 Å². The standard InChI is InChI=1S/C15H18FN3O/c1-11(19-15(18)20)9-13(7-8-17)6-5-12-3-2-4-14(16)10-12/h2-4,7-10H,1,5-6,17H2,(H3,18,19,20)/b8-7-,13-9-. The van der Waals surface area contributed by atoms with Gasteiger partial charge in [-0.15, -0.1) is 0 Å². The summed E-state index contributed by atoms with van der Waals surface area (Å²) in [5, 5.41) is 2.37. The lowest BCUT2D eigenvalue weighted by molar-refractivity contribution is 0.251. The SMILES string of the molecule is C=C(/C=C(\C=C/N)CCc1cccc(F)c1)NC(N)=O. The Kier molecular flexibility index (Phi) is 6.03. The van der Waals surface area contributed by atoms with Crippen LogP contribution in [0.3, 0.4) is 0 Å². The Bertz CT molecular complexity index is 550. The van der Waals surface area contributed by atoms with Crippen LogP contribution >= 0.6 is 0 Å². The average molecular weight is 275 g/mol. The Balaban J connectivity index is 2.70. The van der Waals surface area contributed by atoms with E-state index in [1.807, 2.05) is 6.07 Å². The summed E-state index contributed by atoms with van der Waals surface area (Å²) in [5.74, 6) is -0.262. The lowest BCUT2D eigenvalue weighted by Gasteiger charge is -2.06. The highest BCUT2D eigenvalue weighted by atomic mass is 19.1. The third-order valence-corrected chi connectivity index (χ3v) is 2.55. The van der Waals surface area contributed by atoms with Crippen molar-refractivity contribution < 1.29 is 9.18 Å². The number of urea groups is 1. The summed E-state index contributed by atoms with van der Waals surface area (Å²) in [6.07, 6.45) is 6.06. The van der Waals surface area contributed by atoms with E-state index in [0.717, 1.165) is 11.1 Å². The Morgan fingerprint density at radius 2 is 2.20 bits per heavy atom. The first-order valence-corrected chi connectivity index (χ1v) is 6.10. The van der Waals surface area contributed by atoms with Crippen LogP contribution in [0, 0.1) is 5.82 Å². The highest BCUT2D eigenvalue weighted by Crippen LogP contribution is 2.13. The molecule has 20 heavy (non-hydrogen) atoms. The van der Waals surface area contributed by atoms with E-state index in [4.69, 9.17) is 11.5 Å². The van der Waals surface area contributed by atoms with Crippen LogP contribution in [0.15, 0.2) is 60.5 Å². The van der Waals surface area contributed by atoms with Gasteiger partial charge in [0, 0.05) is 5.70 Å². The van der Waals surface area contributed by atoms with E-state index in [0.29, 0.717) is 18.5 Å². The van der Waals surface area contributed by atoms with Crippen molar-refractivity contribution >= 4 is 6.03 Å². The minimum Gasteiger partial charge on any atom is -0.405 e. The fraction of sp³-hybridized carbons (Fsp3) is 0.133. The number of halogens is 1. The first-order chi connectivity index (χ1) is 9.51. The number of rotatable bonds is 6. The molecule has 106 valence electrons. The predicted octanol–water partition coefficient (Wildman–Crippen LogP) is 2.34. The molecule has 1 aromatic rings. The van der Waals surface area contributed by atoms with Gasteiger partial charge in [0.25, 0.3) is 0 Å². The molecule has 0 bridgehead atoms. The second kappa shape index (κ2) is 7.78. The molecule has 0 aromatic heterocycles. The number of benzene rings is 1. The molecule has 0 aliphatic rings. The Morgan fingerprint density at radius 3 is 2.80 bits per heavy atom. The summed E-state index contributed by atoms with van der Waals surface area (Å²) in [5.41, 5.74) is 12.5. The zero-order valence-corrected chi connectivity index (χ0v) is 11.1. The molecule has 0 fully saturated rings. The van der Waals surface area contributed by atoms with Crippen LogP contribution < -0.4 is 16.8 Å². The molecule has 1 aromatic carbocycles. The number of carbonyl (C=O) groups excluding carboxylic acids is 1. The zero-order valence-electron chi connectivity index (χ0n) is 11.1. The molecular weight excluding hydrogens is 257 g/mol. The molecular formula is C15H18FN3O. The highest BCUT2D eigenvalue weighted by Gasteiger charge is 2.00. The molecule has 0 aliphatic heterocycles. The van der Waals surface area contributed by atoms with Crippen molar-refractivity contribution in [1.82, 2.24) is 5.32 Å². The molecule has 0 heterocycles. The number of hydrogen-bond donors (Lipinski definition) is 3. The lowest BCUT2D eigenvalue weighted by atomic mass is 10.0. The van der Waals surface area contributed by atoms with Gasteiger partial charge in [-0.25, -0.2) is 9.18 Å². The highest BCUT2D eigenvalue weighted by molar-refractivity contribution is 5.74. The van der Waals surface area contributed by atoms with Crippen molar-refractivity contribution in [3.8, 4) is 0 Å². The Morgan fingerprint density at radius 1 is 1.45 bits per heavy atom. The summed E-state index contributed by atoms with van der Waals surface area (Å²) < 4.78 is 13.1. The molecule has 0 aliphatic carbocycles. The van der Waals surface area contributed by atoms with E-state index in [2.05, 4.69) is 11.9 Å². The van der Waals surface area contributed by atoms with Gasteiger partial charge >= 0.3 is 6.03 Å². The Hall–Kier alpha value is -2.56. The molecule has 2 amide bonds. The second-order valence-corrected chi connectivity index (χ2v) is 4.22. The summed E-state index contributed by atoms with van der Waals surface area (Å²) in [4.78, 5) is 10.7. The molecule has 0 spiro atoms. The fourth-order valence-corrected chi connectivity index (χ4v) is 1.73. The maximum Gasteiger partial charge on any atom is 0.316 e. The number of allylic oxidation sites excluding steroid dienone is 3. The number of aryl methyl sites for hydroxylation is 1. The molecule has 0 saturated carbocycles. The summed E-state index contributed by atoms with van der Waals surface area (Å²) in [6, 6.07) is 5.73. The second-order valence-electron chi connectivity index (χ2n) is 4.22. The van der Waals surface area contributed by atoms with Gasteiger partial charge in [-0.05, 0) is 54.5 Å². The maximum atomic E-state index is 13.1. The van der Waals surface area contributed by atoms with Crippen molar-refractivity contribution in [2.24, 2.45) is 11.5 Å². The lowest BCUT2D eigenvalue weighted by Crippen LogP contribution is -2.27. The van der Waals surface area contributed by atoms with Crippen molar-refractivity contribution in [3.05, 3.63) is 71.8 Å². The van der Waals surface area contributed by atoms with Gasteiger partial charge in [0.05, 0.1) is 0 Å². The van der Waals surface area contributed by atoms with Gasteiger partial charge in [0.15, 0.2) is 0 Å². The third-order valence-electron chi connectivity index (χ3n) is 2.55. The molecule has 5 heteroatoms. The number of amides is 2. The number of nitrogens with two attached hydrogens (primary N) is 2. The van der Waals surface area contributed by atoms with E-state index in [-0.39, 0.29) is 5.82 Å². The van der Waals surface area contributed by atoms with Crippen LogP contribution in [0.2, 0.25) is 0 Å². The molecule has 1 rings (SSSR count). The van der Waals surface area contributed by atoms with E-state index in [9.17, 15) is 9.18 Å². The van der Waals surface area contributed by atoms with Crippen LogP contribution in [0.4, 0.5) is 9.18 Å². The van der Waals surface area contributed by atoms with Gasteiger partial charge in [0.2, 0.25) is 0 Å². The minimum atomic E-state index is -0.674. The van der Waals surface area contributed by atoms with Crippen LogP contribution in [0.1, 0.15) is 12.0 Å². The van der Waals surface area contributed by atoms with Gasteiger partial charge in [-0.1, -0.05) is 18.7 Å². The van der Waals surface area contributed by atoms with E-state index < -0.39 is 6.03 Å². The van der Waals surface area contributed by atoms with Gasteiger partial charge in [-0.2, -0.15) is 0 Å². The van der Waals surface area contributed by atoms with Crippen LogP contribution in [0.25, 0.3) is 0 Å². The summed E-state index contributed by atoms with van der Waals surface area (Å²) in [6.45, 7) is 3.66. The molecule has 0 atom stereocenters. The monoisotopic (exact) mass is 275 g/mol. The number of hydrogen-bond acceptors (Lipinski definition) is 2. The third kappa shape index (κ3) is 5.86. The normalized spacial score (nSPS) is 11.6.